The molecule has 2 N–H and O–H groups in total. The van der Waals surface area contributed by atoms with Crippen molar-refractivity contribution in [1.29, 1.82) is 0 Å². The smallest absolute Gasteiger partial charge is 0.407 e. The van der Waals surface area contributed by atoms with E-state index in [0.717, 1.165) is 26.1 Å². The molecular formula is C12H19N3O3. The largest absolute Gasteiger partial charge is 0.465 e. The molecule has 6 nitrogen and oxygen atoms in total. The monoisotopic (exact) mass is 253 g/mol. The van der Waals surface area contributed by atoms with Crippen LogP contribution >= 0.6 is 0 Å². The summed E-state index contributed by atoms with van der Waals surface area (Å²) in [5, 5.41) is 12.2. The van der Waals surface area contributed by atoms with E-state index >= 15 is 0 Å². The molecule has 0 radical (unpaired) electrons. The van der Waals surface area contributed by atoms with Crippen molar-refractivity contribution < 1.29 is 14.7 Å². The SMILES string of the molecule is CN1CC2CC3(CCNC3=O)CC(C1)N2C(=O)O. The Hall–Kier alpha value is -1.30. The van der Waals surface area contributed by atoms with Crippen molar-refractivity contribution in [1.82, 2.24) is 15.1 Å². The number of nitrogens with zero attached hydrogens (tertiary/aromatic N) is 2. The summed E-state index contributed by atoms with van der Waals surface area (Å²) in [6.45, 7) is 2.21. The van der Waals surface area contributed by atoms with Crippen molar-refractivity contribution in [3.05, 3.63) is 0 Å². The predicted octanol–water partition coefficient (Wildman–Crippen LogP) is -0.0509. The van der Waals surface area contributed by atoms with E-state index in [1.54, 1.807) is 4.90 Å². The first kappa shape index (κ1) is 11.8. The number of fused-ring (bicyclic) bond motifs is 2. The van der Waals surface area contributed by atoms with Crippen LogP contribution in [0.1, 0.15) is 19.3 Å². The Balaban J connectivity index is 1.89. The first-order valence-corrected chi connectivity index (χ1v) is 6.50. The third-order valence-electron chi connectivity index (χ3n) is 4.68. The number of piperidine rings is 1. The van der Waals surface area contributed by atoms with Crippen molar-refractivity contribution in [2.75, 3.05) is 26.7 Å². The van der Waals surface area contributed by atoms with Gasteiger partial charge < -0.3 is 15.3 Å². The summed E-state index contributed by atoms with van der Waals surface area (Å²) in [5.74, 6) is 0.132. The van der Waals surface area contributed by atoms with E-state index in [1.165, 1.54) is 0 Å². The van der Waals surface area contributed by atoms with Crippen LogP contribution in [-0.2, 0) is 4.79 Å². The Morgan fingerprint density at radius 3 is 2.44 bits per heavy atom. The molecule has 0 aromatic heterocycles. The number of likely N-dealkylation sites (N-methyl/N-ethyl adjacent to an activating group) is 1. The Morgan fingerprint density at radius 1 is 1.39 bits per heavy atom. The van der Waals surface area contributed by atoms with E-state index in [0.29, 0.717) is 12.8 Å². The highest BCUT2D eigenvalue weighted by molar-refractivity contribution is 5.85. The Kier molecular flexibility index (Phi) is 2.52. The highest BCUT2D eigenvalue weighted by Gasteiger charge is 2.54. The lowest BCUT2D eigenvalue weighted by atomic mass is 9.70. The van der Waals surface area contributed by atoms with Gasteiger partial charge in [0.05, 0.1) is 5.41 Å². The van der Waals surface area contributed by atoms with E-state index in [-0.39, 0.29) is 23.4 Å². The highest BCUT2D eigenvalue weighted by Crippen LogP contribution is 2.45. The molecule has 18 heavy (non-hydrogen) atoms. The number of carbonyl (C=O) groups is 2. The lowest BCUT2D eigenvalue weighted by molar-refractivity contribution is -0.135. The minimum atomic E-state index is -0.841. The van der Waals surface area contributed by atoms with Gasteiger partial charge in [-0.25, -0.2) is 4.79 Å². The number of piperazine rings is 1. The van der Waals surface area contributed by atoms with Gasteiger partial charge in [0.2, 0.25) is 5.91 Å². The van der Waals surface area contributed by atoms with E-state index in [9.17, 15) is 14.7 Å². The second kappa shape index (κ2) is 3.85. The maximum absolute atomic E-state index is 12.0. The van der Waals surface area contributed by atoms with Gasteiger partial charge >= 0.3 is 6.09 Å². The summed E-state index contributed by atoms with van der Waals surface area (Å²) in [4.78, 5) is 27.2. The minimum absolute atomic E-state index is 0.0381. The molecule has 6 heteroatoms. The molecule has 1 spiro atoms. The van der Waals surface area contributed by atoms with Crippen LogP contribution in [0.4, 0.5) is 4.79 Å². The fraction of sp³-hybridized carbons (Fsp3) is 0.833. The first-order chi connectivity index (χ1) is 8.52. The molecule has 3 heterocycles. The molecule has 3 aliphatic rings. The molecule has 3 rings (SSSR count). The van der Waals surface area contributed by atoms with E-state index in [1.807, 2.05) is 7.05 Å². The van der Waals surface area contributed by atoms with Gasteiger partial charge in [-0.05, 0) is 26.3 Å². The molecule has 0 aliphatic carbocycles. The fourth-order valence-electron chi connectivity index (χ4n) is 4.00. The van der Waals surface area contributed by atoms with Gasteiger partial charge in [-0.3, -0.25) is 9.69 Å². The van der Waals surface area contributed by atoms with Crippen LogP contribution in [0.25, 0.3) is 0 Å². The van der Waals surface area contributed by atoms with Gasteiger partial charge in [-0.15, -0.1) is 0 Å². The molecule has 2 amide bonds. The van der Waals surface area contributed by atoms with Gasteiger partial charge in [-0.1, -0.05) is 0 Å². The summed E-state index contributed by atoms with van der Waals surface area (Å²) in [6.07, 6.45) is 1.36. The summed E-state index contributed by atoms with van der Waals surface area (Å²) < 4.78 is 0. The summed E-state index contributed by atoms with van der Waals surface area (Å²) >= 11 is 0. The molecule has 2 bridgehead atoms. The van der Waals surface area contributed by atoms with Gasteiger partial charge in [0, 0.05) is 31.7 Å². The molecular weight excluding hydrogens is 234 g/mol. The number of carboxylic acid groups (broad SMARTS) is 1. The molecule has 0 aromatic carbocycles. The van der Waals surface area contributed by atoms with Gasteiger partial charge in [0.25, 0.3) is 0 Å². The lowest BCUT2D eigenvalue weighted by Gasteiger charge is -2.52. The van der Waals surface area contributed by atoms with E-state index < -0.39 is 6.09 Å². The molecule has 2 unspecified atom stereocenters. The number of amides is 2. The average molecular weight is 253 g/mol. The normalized spacial score (nSPS) is 40.1. The summed E-state index contributed by atoms with van der Waals surface area (Å²) in [5.41, 5.74) is -0.303. The maximum Gasteiger partial charge on any atom is 0.407 e. The predicted molar refractivity (Wildman–Crippen MR) is 64.2 cm³/mol. The quantitative estimate of drug-likeness (QED) is 0.635. The zero-order chi connectivity index (χ0) is 12.9. The molecule has 2 atom stereocenters. The Labute approximate surface area is 106 Å². The van der Waals surface area contributed by atoms with Gasteiger partial charge in [-0.2, -0.15) is 0 Å². The first-order valence-electron chi connectivity index (χ1n) is 6.50. The van der Waals surface area contributed by atoms with Crippen LogP contribution in [0.15, 0.2) is 0 Å². The van der Waals surface area contributed by atoms with Crippen molar-refractivity contribution >= 4 is 12.0 Å². The third kappa shape index (κ3) is 1.59. The van der Waals surface area contributed by atoms with Gasteiger partial charge in [0.15, 0.2) is 0 Å². The lowest BCUT2D eigenvalue weighted by Crippen LogP contribution is -2.65. The van der Waals surface area contributed by atoms with Crippen LogP contribution in [0.2, 0.25) is 0 Å². The number of nitrogens with one attached hydrogen (secondary N) is 1. The van der Waals surface area contributed by atoms with Gasteiger partial charge in [0.1, 0.15) is 0 Å². The number of hydrogen-bond donors (Lipinski definition) is 2. The topological polar surface area (TPSA) is 72.9 Å². The second-order valence-corrected chi connectivity index (χ2v) is 5.91. The van der Waals surface area contributed by atoms with E-state index in [2.05, 4.69) is 10.2 Å². The molecule has 3 saturated heterocycles. The fourth-order valence-corrected chi connectivity index (χ4v) is 4.00. The molecule has 3 fully saturated rings. The number of likely N-dealkylation sites (tertiary alicyclic amines) is 1. The van der Waals surface area contributed by atoms with Crippen LogP contribution in [0.3, 0.4) is 0 Å². The highest BCUT2D eigenvalue weighted by atomic mass is 16.4. The van der Waals surface area contributed by atoms with Crippen LogP contribution in [0.5, 0.6) is 0 Å². The van der Waals surface area contributed by atoms with Crippen LogP contribution in [0, 0.1) is 5.41 Å². The molecule has 3 aliphatic heterocycles. The Bertz CT molecular complexity index is 382. The summed E-state index contributed by atoms with van der Waals surface area (Å²) in [7, 11) is 2.02. The maximum atomic E-state index is 12.0. The molecule has 0 saturated carbocycles. The second-order valence-electron chi connectivity index (χ2n) is 5.91. The van der Waals surface area contributed by atoms with Crippen molar-refractivity contribution in [3.8, 4) is 0 Å². The van der Waals surface area contributed by atoms with Crippen LogP contribution in [-0.4, -0.2) is 65.7 Å². The van der Waals surface area contributed by atoms with E-state index in [4.69, 9.17) is 0 Å². The standard InChI is InChI=1S/C12H19N3O3/c1-14-6-8-4-12(2-3-13-10(12)16)5-9(7-14)15(8)11(17)18/h8-9H,2-7H2,1H3,(H,13,16)(H,17,18). The third-order valence-corrected chi connectivity index (χ3v) is 4.68. The minimum Gasteiger partial charge on any atom is -0.465 e. The zero-order valence-corrected chi connectivity index (χ0v) is 10.6. The van der Waals surface area contributed by atoms with Crippen molar-refractivity contribution in [3.63, 3.8) is 0 Å². The van der Waals surface area contributed by atoms with Crippen LogP contribution < -0.4 is 5.32 Å². The Morgan fingerprint density at radius 2 is 2.00 bits per heavy atom. The number of rotatable bonds is 0. The summed E-state index contributed by atoms with van der Waals surface area (Å²) in [6, 6.07) is -0.0762. The van der Waals surface area contributed by atoms with Crippen molar-refractivity contribution in [2.45, 2.75) is 31.3 Å². The molecule has 100 valence electrons. The number of carbonyl (C=O) groups excluding carboxylic acids is 1. The van der Waals surface area contributed by atoms with Crippen molar-refractivity contribution in [2.24, 2.45) is 5.41 Å². The average Bonchev–Trinajstić information content (AvgIpc) is 2.57. The zero-order valence-electron chi connectivity index (χ0n) is 10.6. The molecule has 0 aromatic rings. The number of hydrogen-bond acceptors (Lipinski definition) is 3.